The highest BCUT2D eigenvalue weighted by Crippen LogP contribution is 2.18. The van der Waals surface area contributed by atoms with Gasteiger partial charge in [-0.3, -0.25) is 4.90 Å². The minimum atomic E-state index is -0.108. The average Bonchev–Trinajstić information content (AvgIpc) is 3.03. The summed E-state index contributed by atoms with van der Waals surface area (Å²) in [5.74, 6) is 0. The number of nitrogens with zero attached hydrogens (tertiary/aromatic N) is 3. The lowest BCUT2D eigenvalue weighted by Gasteiger charge is -2.29. The number of imidazole rings is 1. The van der Waals surface area contributed by atoms with Gasteiger partial charge in [-0.1, -0.05) is 18.2 Å². The highest BCUT2D eigenvalue weighted by atomic mass is 16.3. The van der Waals surface area contributed by atoms with Crippen molar-refractivity contribution in [1.29, 1.82) is 0 Å². The normalized spacial score (nSPS) is 16.2. The van der Waals surface area contributed by atoms with Crippen LogP contribution >= 0.6 is 0 Å². The van der Waals surface area contributed by atoms with Crippen LogP contribution in [0, 0.1) is 0 Å². The number of aryl methyl sites for hydroxylation is 1. The molecule has 136 valence electrons. The van der Waals surface area contributed by atoms with Crippen LogP contribution in [0.3, 0.4) is 0 Å². The predicted molar refractivity (Wildman–Crippen MR) is 105 cm³/mol. The first kappa shape index (κ1) is 17.1. The van der Waals surface area contributed by atoms with Gasteiger partial charge >= 0.3 is 0 Å². The van der Waals surface area contributed by atoms with E-state index in [1.54, 1.807) is 0 Å². The lowest BCUT2D eigenvalue weighted by atomic mass is 10.1. The molecule has 26 heavy (non-hydrogen) atoms. The minimum absolute atomic E-state index is 0.108. The van der Waals surface area contributed by atoms with Gasteiger partial charge in [0.25, 0.3) is 0 Å². The fourth-order valence-corrected chi connectivity index (χ4v) is 3.56. The Kier molecular flexibility index (Phi) is 4.91. The Bertz CT molecular complexity index is 863. The van der Waals surface area contributed by atoms with E-state index in [9.17, 15) is 5.11 Å². The summed E-state index contributed by atoms with van der Waals surface area (Å²) in [6.45, 7) is 3.72. The number of fused-ring (bicyclic) bond motifs is 1. The molecule has 1 aliphatic rings. The van der Waals surface area contributed by atoms with Crippen LogP contribution in [0.1, 0.15) is 24.0 Å². The first-order valence-electron chi connectivity index (χ1n) is 9.30. The molecule has 1 fully saturated rings. The zero-order chi connectivity index (χ0) is 17.9. The van der Waals surface area contributed by atoms with Crippen molar-refractivity contribution in [3.8, 4) is 0 Å². The molecule has 2 heterocycles. The third-order valence-corrected chi connectivity index (χ3v) is 5.20. The van der Waals surface area contributed by atoms with Crippen LogP contribution in [0.15, 0.2) is 48.8 Å². The van der Waals surface area contributed by atoms with Gasteiger partial charge in [0.05, 0.1) is 23.5 Å². The van der Waals surface area contributed by atoms with E-state index in [0.29, 0.717) is 0 Å². The van der Waals surface area contributed by atoms with Gasteiger partial charge in [-0.15, -0.1) is 0 Å². The molecule has 5 heteroatoms. The van der Waals surface area contributed by atoms with Crippen LogP contribution < -0.4 is 5.32 Å². The SMILES string of the molecule is Cn1cnc2cc(CNc3ccc(CN4CCC(O)CC4)cc3)ccc21. The molecule has 2 aromatic carbocycles. The predicted octanol–water partition coefficient (Wildman–Crippen LogP) is 3.14. The summed E-state index contributed by atoms with van der Waals surface area (Å²) in [6.07, 6.45) is 3.52. The fraction of sp³-hybridized carbons (Fsp3) is 0.381. The Morgan fingerprint density at radius 2 is 1.81 bits per heavy atom. The molecule has 1 saturated heterocycles. The summed E-state index contributed by atoms with van der Waals surface area (Å²) in [6, 6.07) is 15.1. The third-order valence-electron chi connectivity index (χ3n) is 5.20. The highest BCUT2D eigenvalue weighted by molar-refractivity contribution is 5.76. The smallest absolute Gasteiger partial charge is 0.0955 e. The number of likely N-dealkylation sites (tertiary alicyclic amines) is 1. The van der Waals surface area contributed by atoms with Crippen LogP contribution in [0.4, 0.5) is 5.69 Å². The van der Waals surface area contributed by atoms with Crippen molar-refractivity contribution >= 4 is 16.7 Å². The third kappa shape index (κ3) is 3.89. The average molecular weight is 350 g/mol. The number of benzene rings is 2. The van der Waals surface area contributed by atoms with Gasteiger partial charge in [0.2, 0.25) is 0 Å². The number of rotatable bonds is 5. The van der Waals surface area contributed by atoms with Crippen LogP contribution in [-0.4, -0.2) is 38.8 Å². The van der Waals surface area contributed by atoms with E-state index in [1.165, 1.54) is 11.1 Å². The molecular formula is C21H26N4O. The number of anilines is 1. The maximum atomic E-state index is 9.60. The van der Waals surface area contributed by atoms with Gasteiger partial charge in [-0.05, 0) is 48.2 Å². The standard InChI is InChI=1S/C21H26N4O/c1-24-15-23-20-12-17(4-7-21(20)24)13-22-18-5-2-16(3-6-18)14-25-10-8-19(26)9-11-25/h2-7,12,15,19,22,26H,8-11,13-14H2,1H3. The second kappa shape index (κ2) is 7.48. The topological polar surface area (TPSA) is 53.3 Å². The molecule has 1 aromatic heterocycles. The van der Waals surface area contributed by atoms with E-state index in [4.69, 9.17) is 0 Å². The Morgan fingerprint density at radius 1 is 1.08 bits per heavy atom. The number of aromatic nitrogens is 2. The monoisotopic (exact) mass is 350 g/mol. The van der Waals surface area contributed by atoms with Crippen molar-refractivity contribution in [2.75, 3.05) is 18.4 Å². The van der Waals surface area contributed by atoms with Crippen molar-refractivity contribution in [3.05, 3.63) is 59.9 Å². The summed E-state index contributed by atoms with van der Waals surface area (Å²) in [7, 11) is 2.01. The van der Waals surface area contributed by atoms with Crippen LogP contribution in [-0.2, 0) is 20.1 Å². The van der Waals surface area contributed by atoms with Gasteiger partial charge in [-0.2, -0.15) is 0 Å². The summed E-state index contributed by atoms with van der Waals surface area (Å²) < 4.78 is 2.04. The Labute approximate surface area is 154 Å². The van der Waals surface area contributed by atoms with Gasteiger partial charge < -0.3 is 15.0 Å². The lowest BCUT2D eigenvalue weighted by Crippen LogP contribution is -2.35. The Hall–Kier alpha value is -2.37. The largest absolute Gasteiger partial charge is 0.393 e. The van der Waals surface area contributed by atoms with Crippen LogP contribution in [0.2, 0.25) is 0 Å². The quantitative estimate of drug-likeness (QED) is 0.742. The molecule has 5 nitrogen and oxygen atoms in total. The van der Waals surface area contributed by atoms with Crippen molar-refractivity contribution in [3.63, 3.8) is 0 Å². The highest BCUT2D eigenvalue weighted by Gasteiger charge is 2.16. The van der Waals surface area contributed by atoms with E-state index >= 15 is 0 Å². The molecule has 4 rings (SSSR count). The number of piperidine rings is 1. The maximum absolute atomic E-state index is 9.60. The van der Waals surface area contributed by atoms with E-state index in [2.05, 4.69) is 57.7 Å². The number of nitrogens with one attached hydrogen (secondary N) is 1. The second-order valence-corrected chi connectivity index (χ2v) is 7.24. The summed E-state index contributed by atoms with van der Waals surface area (Å²) >= 11 is 0. The van der Waals surface area contributed by atoms with E-state index in [1.807, 2.05) is 17.9 Å². The van der Waals surface area contributed by atoms with Gasteiger partial charge in [0, 0.05) is 38.9 Å². The van der Waals surface area contributed by atoms with E-state index in [-0.39, 0.29) is 6.10 Å². The molecule has 0 amide bonds. The molecule has 0 radical (unpaired) electrons. The molecule has 2 N–H and O–H groups in total. The molecule has 0 unspecified atom stereocenters. The summed E-state index contributed by atoms with van der Waals surface area (Å²) in [5.41, 5.74) is 5.87. The van der Waals surface area contributed by atoms with Gasteiger partial charge in [-0.25, -0.2) is 4.98 Å². The first-order chi connectivity index (χ1) is 12.7. The molecule has 0 saturated carbocycles. The van der Waals surface area contributed by atoms with Gasteiger partial charge in [0.15, 0.2) is 0 Å². The van der Waals surface area contributed by atoms with Crippen molar-refractivity contribution in [1.82, 2.24) is 14.5 Å². The van der Waals surface area contributed by atoms with Crippen LogP contribution in [0.5, 0.6) is 0 Å². The first-order valence-corrected chi connectivity index (χ1v) is 9.30. The van der Waals surface area contributed by atoms with E-state index < -0.39 is 0 Å². The molecule has 0 spiro atoms. The molecular weight excluding hydrogens is 324 g/mol. The second-order valence-electron chi connectivity index (χ2n) is 7.24. The Morgan fingerprint density at radius 3 is 2.58 bits per heavy atom. The number of hydrogen-bond acceptors (Lipinski definition) is 4. The molecule has 3 aromatic rings. The van der Waals surface area contributed by atoms with Crippen molar-refractivity contribution in [2.24, 2.45) is 7.05 Å². The fourth-order valence-electron chi connectivity index (χ4n) is 3.56. The van der Waals surface area contributed by atoms with Crippen molar-refractivity contribution < 1.29 is 5.11 Å². The summed E-state index contributed by atoms with van der Waals surface area (Å²) in [4.78, 5) is 6.83. The minimum Gasteiger partial charge on any atom is -0.393 e. The Balaban J connectivity index is 1.33. The number of hydrogen-bond donors (Lipinski definition) is 2. The molecule has 0 bridgehead atoms. The lowest BCUT2D eigenvalue weighted by molar-refractivity contribution is 0.0792. The van der Waals surface area contributed by atoms with E-state index in [0.717, 1.165) is 55.7 Å². The zero-order valence-corrected chi connectivity index (χ0v) is 15.2. The maximum Gasteiger partial charge on any atom is 0.0955 e. The van der Waals surface area contributed by atoms with Crippen molar-refractivity contribution in [2.45, 2.75) is 32.0 Å². The number of aliphatic hydroxyl groups excluding tert-OH is 1. The number of aliphatic hydroxyl groups is 1. The van der Waals surface area contributed by atoms with Gasteiger partial charge in [0.1, 0.15) is 0 Å². The van der Waals surface area contributed by atoms with Crippen LogP contribution in [0.25, 0.3) is 11.0 Å². The summed E-state index contributed by atoms with van der Waals surface area (Å²) in [5, 5.41) is 13.1. The molecule has 1 aliphatic heterocycles. The molecule has 0 aliphatic carbocycles. The molecule has 0 atom stereocenters. The zero-order valence-electron chi connectivity index (χ0n) is 15.2.